The summed E-state index contributed by atoms with van der Waals surface area (Å²) in [5, 5.41) is 0. The fourth-order valence-corrected chi connectivity index (χ4v) is 7.60. The molecule has 0 saturated heterocycles. The number of allylic oxidation sites excluding steroid dienone is 4. The number of hydrogen-bond acceptors (Lipinski definition) is 1. The third-order valence-electron chi connectivity index (χ3n) is 10.7. The van der Waals surface area contributed by atoms with Crippen LogP contribution in [0.15, 0.2) is 170 Å². The molecule has 0 aliphatic heterocycles. The summed E-state index contributed by atoms with van der Waals surface area (Å²) in [6, 6.07) is 54.7. The Balaban J connectivity index is 1.35. The van der Waals surface area contributed by atoms with Crippen LogP contribution in [0, 0.1) is 6.92 Å². The van der Waals surface area contributed by atoms with Crippen LogP contribution in [0.4, 0.5) is 17.1 Å². The molecule has 1 aliphatic rings. The van der Waals surface area contributed by atoms with Crippen LogP contribution in [0.25, 0.3) is 11.1 Å². The minimum absolute atomic E-state index is 0.0612. The Morgan fingerprint density at radius 3 is 1.58 bits per heavy atom. The molecule has 0 saturated carbocycles. The molecule has 1 heteroatoms. The maximum Gasteiger partial charge on any atom is 0.0467 e. The Labute approximate surface area is 318 Å². The zero-order chi connectivity index (χ0) is 37.2. The second kappa shape index (κ2) is 14.9. The Morgan fingerprint density at radius 2 is 1.04 bits per heavy atom. The van der Waals surface area contributed by atoms with Gasteiger partial charge in [0.2, 0.25) is 0 Å². The van der Waals surface area contributed by atoms with Gasteiger partial charge in [-0.25, -0.2) is 0 Å². The second-order valence-corrected chi connectivity index (χ2v) is 16.8. The van der Waals surface area contributed by atoms with E-state index in [2.05, 4.69) is 223 Å². The van der Waals surface area contributed by atoms with Crippen LogP contribution in [0.5, 0.6) is 0 Å². The van der Waals surface area contributed by atoms with E-state index >= 15 is 0 Å². The van der Waals surface area contributed by atoms with E-state index in [9.17, 15) is 0 Å². The fourth-order valence-electron chi connectivity index (χ4n) is 7.60. The molecule has 0 radical (unpaired) electrons. The molecule has 7 rings (SSSR count). The van der Waals surface area contributed by atoms with Gasteiger partial charge in [-0.1, -0.05) is 175 Å². The lowest BCUT2D eigenvalue weighted by Crippen LogP contribution is -2.14. The molecular weight excluding hydrogens is 639 g/mol. The van der Waals surface area contributed by atoms with Gasteiger partial charge in [-0.2, -0.15) is 0 Å². The van der Waals surface area contributed by atoms with Crippen LogP contribution in [0.2, 0.25) is 0 Å². The number of hydrogen-bond donors (Lipinski definition) is 0. The molecule has 1 aliphatic carbocycles. The molecule has 0 fully saturated rings. The zero-order valence-electron chi connectivity index (χ0n) is 32.5. The van der Waals surface area contributed by atoms with Gasteiger partial charge in [0, 0.05) is 28.9 Å². The summed E-state index contributed by atoms with van der Waals surface area (Å²) in [5.41, 5.74) is 15.2. The summed E-state index contributed by atoms with van der Waals surface area (Å²) in [6.45, 7) is 15.9. The summed E-state index contributed by atoms with van der Waals surface area (Å²) < 4.78 is 0. The Morgan fingerprint density at radius 1 is 0.509 bits per heavy atom. The average molecular weight is 692 g/mol. The van der Waals surface area contributed by atoms with E-state index in [-0.39, 0.29) is 16.7 Å². The molecule has 0 spiro atoms. The average Bonchev–Trinajstić information content (AvgIpc) is 3.16. The lowest BCUT2D eigenvalue weighted by atomic mass is 9.81. The molecule has 0 aromatic heterocycles. The standard InChI is InChI=1S/C52H53N/c1-37-34-44(50(43-22-26-45(27-23-43)51(2,3)4)42-20-18-40(19-21-42)38-14-10-8-11-15-38)36-49(35-37)53(48-32-28-46(29-33-48)52(5,6)7)47-30-24-41(25-31-47)39-16-12-9-13-17-39/h8-16,18-36,39,50H,17H2,1-7H3. The topological polar surface area (TPSA) is 3.24 Å². The van der Waals surface area contributed by atoms with Crippen molar-refractivity contribution in [2.75, 3.05) is 4.90 Å². The first-order valence-electron chi connectivity index (χ1n) is 19.2. The minimum atomic E-state index is 0.0612. The first-order chi connectivity index (χ1) is 25.4. The Bertz CT molecular complexity index is 2190. The Hall–Kier alpha value is -5.40. The molecule has 6 aromatic carbocycles. The highest BCUT2D eigenvalue weighted by molar-refractivity contribution is 5.78. The molecule has 1 nitrogen and oxygen atoms in total. The van der Waals surface area contributed by atoms with E-state index < -0.39 is 0 Å². The molecule has 53 heavy (non-hydrogen) atoms. The molecular formula is C52H53N. The van der Waals surface area contributed by atoms with E-state index in [0.717, 1.165) is 23.5 Å². The summed E-state index contributed by atoms with van der Waals surface area (Å²) in [7, 11) is 0. The van der Waals surface area contributed by atoms with Gasteiger partial charge in [0.05, 0.1) is 0 Å². The molecule has 266 valence electrons. The van der Waals surface area contributed by atoms with Crippen LogP contribution < -0.4 is 4.90 Å². The molecule has 0 bridgehead atoms. The minimum Gasteiger partial charge on any atom is -0.310 e. The van der Waals surface area contributed by atoms with E-state index in [1.54, 1.807) is 0 Å². The van der Waals surface area contributed by atoms with Gasteiger partial charge in [0.1, 0.15) is 0 Å². The van der Waals surface area contributed by atoms with Crippen molar-refractivity contribution >= 4 is 17.1 Å². The molecule has 0 heterocycles. The molecule has 6 aromatic rings. The van der Waals surface area contributed by atoms with Crippen molar-refractivity contribution in [3.05, 3.63) is 209 Å². The predicted molar refractivity (Wildman–Crippen MR) is 228 cm³/mol. The number of benzene rings is 6. The number of nitrogens with zero attached hydrogens (tertiary/aromatic N) is 1. The highest BCUT2D eigenvalue weighted by atomic mass is 15.1. The van der Waals surface area contributed by atoms with Crippen LogP contribution in [0.3, 0.4) is 0 Å². The first-order valence-corrected chi connectivity index (χ1v) is 19.2. The lowest BCUT2D eigenvalue weighted by molar-refractivity contribution is 0.590. The summed E-state index contributed by atoms with van der Waals surface area (Å²) >= 11 is 0. The van der Waals surface area contributed by atoms with Crippen molar-refractivity contribution in [1.29, 1.82) is 0 Å². The van der Waals surface area contributed by atoms with Gasteiger partial charge < -0.3 is 4.90 Å². The van der Waals surface area contributed by atoms with E-state index in [1.807, 2.05) is 0 Å². The molecule has 2 atom stereocenters. The van der Waals surface area contributed by atoms with Gasteiger partial charge in [-0.05, 0) is 111 Å². The van der Waals surface area contributed by atoms with Crippen molar-refractivity contribution < 1.29 is 0 Å². The number of rotatable bonds is 8. The normalized spacial score (nSPS) is 15.0. The van der Waals surface area contributed by atoms with Gasteiger partial charge in [0.25, 0.3) is 0 Å². The van der Waals surface area contributed by atoms with Gasteiger partial charge >= 0.3 is 0 Å². The SMILES string of the molecule is Cc1cc(C(c2ccc(-c3ccccc3)cc2)c2ccc(C(C)(C)C)cc2)cc(N(c2ccc(C3C=CC=CC3)cc2)c2ccc(C(C)(C)C)cc2)c1. The van der Waals surface area contributed by atoms with Crippen molar-refractivity contribution in [1.82, 2.24) is 0 Å². The maximum absolute atomic E-state index is 2.43. The third-order valence-corrected chi connectivity index (χ3v) is 10.7. The molecule has 0 N–H and O–H groups in total. The Kier molecular flexibility index (Phi) is 10.1. The lowest BCUT2D eigenvalue weighted by Gasteiger charge is -2.29. The maximum atomic E-state index is 2.43. The van der Waals surface area contributed by atoms with E-state index in [4.69, 9.17) is 0 Å². The highest BCUT2D eigenvalue weighted by Gasteiger charge is 2.23. The van der Waals surface area contributed by atoms with E-state index in [0.29, 0.717) is 5.92 Å². The zero-order valence-corrected chi connectivity index (χ0v) is 32.5. The van der Waals surface area contributed by atoms with Crippen LogP contribution >= 0.6 is 0 Å². The largest absolute Gasteiger partial charge is 0.310 e. The van der Waals surface area contributed by atoms with Crippen LogP contribution in [0.1, 0.15) is 98.7 Å². The van der Waals surface area contributed by atoms with Crippen molar-refractivity contribution in [2.24, 2.45) is 0 Å². The number of aryl methyl sites for hydroxylation is 1. The quantitative estimate of drug-likeness (QED) is 0.144. The van der Waals surface area contributed by atoms with Gasteiger partial charge in [-0.3, -0.25) is 0 Å². The first kappa shape index (κ1) is 36.0. The third kappa shape index (κ3) is 8.16. The summed E-state index contributed by atoms with van der Waals surface area (Å²) in [5.74, 6) is 0.476. The smallest absolute Gasteiger partial charge is 0.0467 e. The molecule has 2 unspecified atom stereocenters. The number of anilines is 3. The van der Waals surface area contributed by atoms with Gasteiger partial charge in [0.15, 0.2) is 0 Å². The predicted octanol–water partition coefficient (Wildman–Crippen LogP) is 14.5. The monoisotopic (exact) mass is 691 g/mol. The summed E-state index contributed by atoms with van der Waals surface area (Å²) in [4.78, 5) is 2.43. The highest BCUT2D eigenvalue weighted by Crippen LogP contribution is 2.41. The van der Waals surface area contributed by atoms with E-state index in [1.165, 1.54) is 50.1 Å². The van der Waals surface area contributed by atoms with Crippen LogP contribution in [-0.4, -0.2) is 0 Å². The van der Waals surface area contributed by atoms with Crippen molar-refractivity contribution in [3.63, 3.8) is 0 Å². The van der Waals surface area contributed by atoms with Crippen LogP contribution in [-0.2, 0) is 10.8 Å². The van der Waals surface area contributed by atoms with Crippen molar-refractivity contribution in [3.8, 4) is 11.1 Å². The summed E-state index contributed by atoms with van der Waals surface area (Å²) in [6.07, 6.45) is 9.93. The fraction of sp³-hybridized carbons (Fsp3) is 0.231. The second-order valence-electron chi connectivity index (χ2n) is 16.8. The van der Waals surface area contributed by atoms with Gasteiger partial charge in [-0.15, -0.1) is 0 Å². The molecule has 0 amide bonds. The van der Waals surface area contributed by atoms with Crippen molar-refractivity contribution in [2.45, 2.75) is 77.6 Å².